The van der Waals surface area contributed by atoms with Gasteiger partial charge in [0.25, 0.3) is 11.8 Å². The smallest absolute Gasteiger partial charge is 0.399 e. The van der Waals surface area contributed by atoms with E-state index < -0.39 is 22.2 Å². The highest BCUT2D eigenvalue weighted by Gasteiger charge is 2.19. The topological polar surface area (TPSA) is 156 Å². The number of nitrogens with one attached hydrogen (secondary N) is 2. The van der Waals surface area contributed by atoms with Gasteiger partial charge in [0.2, 0.25) is 5.75 Å². The zero-order chi connectivity index (χ0) is 30.7. The Balaban J connectivity index is 0.00000144. The van der Waals surface area contributed by atoms with Crippen molar-refractivity contribution in [2.75, 3.05) is 81.8 Å². The molecule has 14 heteroatoms. The Morgan fingerprint density at radius 3 is 1.57 bits per heavy atom. The first-order valence-electron chi connectivity index (χ1n) is 12.9. The minimum Gasteiger partial charge on any atom is -0.502 e. The fourth-order valence-electron chi connectivity index (χ4n) is 3.11. The number of aromatic hydroxyl groups is 1. The third-order valence-corrected chi connectivity index (χ3v) is 6.01. The summed E-state index contributed by atoms with van der Waals surface area (Å²) in [4.78, 5) is 29.6. The molecule has 0 heterocycles. The molecule has 230 valence electrons. The summed E-state index contributed by atoms with van der Waals surface area (Å²) < 4.78 is 39.5. The number of benzene rings is 1. The van der Waals surface area contributed by atoms with E-state index in [1.807, 2.05) is 38.0 Å². The van der Waals surface area contributed by atoms with Gasteiger partial charge in [0.15, 0.2) is 11.5 Å². The van der Waals surface area contributed by atoms with Crippen LogP contribution in [0.2, 0.25) is 0 Å². The van der Waals surface area contributed by atoms with Crippen molar-refractivity contribution in [3.05, 3.63) is 23.3 Å². The molecule has 0 saturated heterocycles. The summed E-state index contributed by atoms with van der Waals surface area (Å²) in [5, 5.41) is 15.7. The molecule has 2 amide bonds. The number of phenolic OH excluding ortho intramolecular Hbond substituents is 1. The molecule has 1 aromatic rings. The van der Waals surface area contributed by atoms with Crippen molar-refractivity contribution >= 4 is 28.3 Å². The Hall–Kier alpha value is -2.91. The lowest BCUT2D eigenvalue weighted by Crippen LogP contribution is -2.36. The molecule has 0 aromatic heterocycles. The van der Waals surface area contributed by atoms with Gasteiger partial charge in [-0.3, -0.25) is 9.59 Å². The average molecular weight is 591 g/mol. The Morgan fingerprint density at radius 2 is 1.25 bits per heavy atom. The number of rotatable bonds is 17. The average Bonchev–Trinajstić information content (AvgIpc) is 2.88. The van der Waals surface area contributed by atoms with Gasteiger partial charge in [-0.15, -0.1) is 0 Å². The monoisotopic (exact) mass is 590 g/mol. The van der Waals surface area contributed by atoms with Gasteiger partial charge in [-0.05, 0) is 91.7 Å². The third kappa shape index (κ3) is 15.6. The first kappa shape index (κ1) is 37.1. The molecule has 0 unspecified atom stereocenters. The van der Waals surface area contributed by atoms with Gasteiger partial charge in [-0.2, -0.15) is 8.42 Å². The number of ether oxygens (including phenoxy) is 2. The first-order chi connectivity index (χ1) is 18.8. The maximum Gasteiger partial charge on any atom is 0.399 e. The molecule has 0 atom stereocenters. The van der Waals surface area contributed by atoms with Gasteiger partial charge in [0.1, 0.15) is 5.57 Å². The Morgan fingerprint density at radius 1 is 0.850 bits per heavy atom. The predicted molar refractivity (Wildman–Crippen MR) is 154 cm³/mol. The van der Waals surface area contributed by atoms with Crippen molar-refractivity contribution in [3.8, 4) is 17.2 Å². The molecular weight excluding hydrogens is 544 g/mol. The molecule has 0 saturated carbocycles. The molecule has 0 bridgehead atoms. The van der Waals surface area contributed by atoms with Gasteiger partial charge >= 0.3 is 10.4 Å². The fraction of sp³-hybridized carbons (Fsp3) is 0.615. The second-order valence-corrected chi connectivity index (χ2v) is 10.2. The number of methoxy groups -OCH3 is 2. The molecule has 1 aromatic carbocycles. The summed E-state index contributed by atoms with van der Waals surface area (Å²) in [6.07, 6.45) is 2.99. The molecule has 0 spiro atoms. The maximum atomic E-state index is 12.8. The zero-order valence-corrected chi connectivity index (χ0v) is 25.7. The van der Waals surface area contributed by atoms with Gasteiger partial charge in [0.05, 0.1) is 27.4 Å². The van der Waals surface area contributed by atoms with Crippen LogP contribution in [0.3, 0.4) is 0 Å². The molecule has 0 radical (unpaired) electrons. The van der Waals surface area contributed by atoms with E-state index in [-0.39, 0.29) is 36.0 Å². The van der Waals surface area contributed by atoms with Crippen molar-refractivity contribution in [1.29, 1.82) is 0 Å². The molecule has 0 fully saturated rings. The highest BCUT2D eigenvalue weighted by atomic mass is 32.3. The minimum absolute atomic E-state index is 0.0236. The van der Waals surface area contributed by atoms with Crippen LogP contribution in [0.1, 0.15) is 32.3 Å². The van der Waals surface area contributed by atoms with E-state index in [4.69, 9.17) is 9.47 Å². The van der Waals surface area contributed by atoms with Crippen LogP contribution in [0.25, 0.3) is 6.08 Å². The van der Waals surface area contributed by atoms with Gasteiger partial charge in [0, 0.05) is 13.1 Å². The van der Waals surface area contributed by atoms with E-state index in [9.17, 15) is 23.1 Å². The standard InChI is InChI=1S/C22H36N4O5.C4H10O4S/c1-25(2)11-7-9-23-21(28)17(22(29)24-10-8-12-26(3)4)13-16-14-18(30-5)20(27)19(15-16)31-6;1-3-7-9(5,6)8-4-2/h13-15,27H,7-12H2,1-6H3,(H,23,28)(H,24,29);3-4H2,1-2H3. The fourth-order valence-corrected chi connectivity index (χ4v) is 3.75. The molecule has 0 aliphatic heterocycles. The van der Waals surface area contributed by atoms with Crippen LogP contribution < -0.4 is 20.1 Å². The van der Waals surface area contributed by atoms with E-state index in [1.54, 1.807) is 13.8 Å². The van der Waals surface area contributed by atoms with Crippen molar-refractivity contribution in [2.24, 2.45) is 0 Å². The number of phenols is 1. The largest absolute Gasteiger partial charge is 0.502 e. The Labute approximate surface area is 238 Å². The van der Waals surface area contributed by atoms with E-state index in [1.165, 1.54) is 32.4 Å². The van der Waals surface area contributed by atoms with Crippen LogP contribution in [0.5, 0.6) is 17.2 Å². The van der Waals surface area contributed by atoms with Gasteiger partial charge < -0.3 is 35.0 Å². The summed E-state index contributed by atoms with van der Waals surface area (Å²) in [5.41, 5.74) is 0.470. The van der Waals surface area contributed by atoms with Crippen LogP contribution in [0, 0.1) is 0 Å². The lowest BCUT2D eigenvalue weighted by molar-refractivity contribution is -0.123. The molecule has 1 rings (SSSR count). The number of carbonyl (C=O) groups excluding carboxylic acids is 2. The van der Waals surface area contributed by atoms with Gasteiger partial charge in [-0.1, -0.05) is 0 Å². The number of hydrogen-bond donors (Lipinski definition) is 3. The van der Waals surface area contributed by atoms with Crippen molar-refractivity contribution in [3.63, 3.8) is 0 Å². The van der Waals surface area contributed by atoms with Crippen molar-refractivity contribution in [1.82, 2.24) is 20.4 Å². The summed E-state index contributed by atoms with van der Waals surface area (Å²) in [5.74, 6) is -0.708. The Kier molecular flexibility index (Phi) is 18.6. The highest BCUT2D eigenvalue weighted by Crippen LogP contribution is 2.37. The van der Waals surface area contributed by atoms with Crippen LogP contribution in [-0.4, -0.2) is 117 Å². The SMILES string of the molecule is CCOS(=O)(=O)OCC.COc1cc(C=C(C(=O)NCCCN(C)C)C(=O)NCCCN(C)C)cc(OC)c1O. The quantitative estimate of drug-likeness (QED) is 0.104. The number of nitrogens with zero attached hydrogens (tertiary/aromatic N) is 2. The Bertz CT molecular complexity index is 978. The summed E-state index contributed by atoms with van der Waals surface area (Å²) in [6.45, 7) is 5.93. The minimum atomic E-state index is -3.68. The van der Waals surface area contributed by atoms with Gasteiger partial charge in [-0.25, -0.2) is 8.37 Å². The summed E-state index contributed by atoms with van der Waals surface area (Å²) in [7, 11) is 6.98. The van der Waals surface area contributed by atoms with Crippen molar-refractivity contribution in [2.45, 2.75) is 26.7 Å². The number of carbonyl (C=O) groups is 2. The van der Waals surface area contributed by atoms with E-state index in [0.29, 0.717) is 18.7 Å². The first-order valence-corrected chi connectivity index (χ1v) is 14.2. The van der Waals surface area contributed by atoms with E-state index in [0.717, 1.165) is 25.9 Å². The molecule has 13 nitrogen and oxygen atoms in total. The summed E-state index contributed by atoms with van der Waals surface area (Å²) >= 11 is 0. The number of amides is 2. The molecular formula is C26H46N4O9S. The van der Waals surface area contributed by atoms with E-state index >= 15 is 0 Å². The van der Waals surface area contributed by atoms with Crippen LogP contribution in [-0.2, 0) is 28.4 Å². The normalized spacial score (nSPS) is 10.9. The van der Waals surface area contributed by atoms with E-state index in [2.05, 4.69) is 19.0 Å². The van der Waals surface area contributed by atoms with Crippen LogP contribution in [0.4, 0.5) is 0 Å². The van der Waals surface area contributed by atoms with Crippen LogP contribution in [0.15, 0.2) is 17.7 Å². The molecule has 0 aliphatic carbocycles. The van der Waals surface area contributed by atoms with Crippen LogP contribution >= 0.6 is 0 Å². The summed E-state index contributed by atoms with van der Waals surface area (Å²) in [6, 6.07) is 3.08. The predicted octanol–water partition coefficient (Wildman–Crippen LogP) is 1.23. The zero-order valence-electron chi connectivity index (χ0n) is 24.9. The second kappa shape index (κ2) is 20.0. The lowest BCUT2D eigenvalue weighted by Gasteiger charge is -2.14. The van der Waals surface area contributed by atoms with Crippen molar-refractivity contribution < 1.29 is 41.0 Å². The third-order valence-electron chi connectivity index (χ3n) is 4.96. The second-order valence-electron chi connectivity index (χ2n) is 8.88. The highest BCUT2D eigenvalue weighted by molar-refractivity contribution is 7.81. The number of hydrogen-bond acceptors (Lipinski definition) is 11. The molecule has 3 N–H and O–H groups in total. The molecule has 40 heavy (non-hydrogen) atoms. The molecule has 0 aliphatic rings. The maximum absolute atomic E-state index is 12.8. The lowest BCUT2D eigenvalue weighted by atomic mass is 10.1.